The topological polar surface area (TPSA) is 52.6 Å². The van der Waals surface area contributed by atoms with Crippen LogP contribution in [0.4, 0.5) is 0 Å². The van der Waals surface area contributed by atoms with E-state index in [1.54, 1.807) is 24.3 Å². The maximum absolute atomic E-state index is 11.8. The summed E-state index contributed by atoms with van der Waals surface area (Å²) in [5.74, 6) is -0.412. The molecular weight excluding hydrogens is 256 g/mol. The fourth-order valence-corrected chi connectivity index (χ4v) is 1.63. The molecule has 0 saturated carbocycles. The molecule has 0 radical (unpaired) electrons. The third-order valence-electron chi connectivity index (χ3n) is 2.56. The fourth-order valence-electron chi connectivity index (χ4n) is 1.63. The van der Waals surface area contributed by atoms with Gasteiger partial charge in [-0.2, -0.15) is 0 Å². The van der Waals surface area contributed by atoms with Gasteiger partial charge in [-0.25, -0.2) is 4.79 Å². The molecular formula is C16H14O4. The van der Waals surface area contributed by atoms with Crippen molar-refractivity contribution in [2.75, 3.05) is 0 Å². The van der Waals surface area contributed by atoms with Crippen LogP contribution in [0.25, 0.3) is 0 Å². The van der Waals surface area contributed by atoms with E-state index in [0.29, 0.717) is 11.3 Å². The number of hydrogen-bond donors (Lipinski definition) is 0. The van der Waals surface area contributed by atoms with Crippen molar-refractivity contribution >= 4 is 11.9 Å². The van der Waals surface area contributed by atoms with Crippen LogP contribution in [0.15, 0.2) is 54.6 Å². The largest absolute Gasteiger partial charge is 0.457 e. The average Bonchev–Trinajstić information content (AvgIpc) is 2.46. The van der Waals surface area contributed by atoms with Crippen molar-refractivity contribution in [3.63, 3.8) is 0 Å². The van der Waals surface area contributed by atoms with E-state index in [-0.39, 0.29) is 6.61 Å². The maximum atomic E-state index is 11.8. The van der Waals surface area contributed by atoms with Crippen molar-refractivity contribution in [3.05, 3.63) is 65.7 Å². The number of benzene rings is 2. The van der Waals surface area contributed by atoms with Gasteiger partial charge in [0.15, 0.2) is 0 Å². The van der Waals surface area contributed by atoms with E-state index in [2.05, 4.69) is 0 Å². The summed E-state index contributed by atoms with van der Waals surface area (Å²) in [4.78, 5) is 22.6. The molecule has 0 N–H and O–H groups in total. The highest BCUT2D eigenvalue weighted by Gasteiger charge is 2.08. The van der Waals surface area contributed by atoms with Crippen LogP contribution in [-0.2, 0) is 16.1 Å². The van der Waals surface area contributed by atoms with E-state index in [9.17, 15) is 9.59 Å². The third-order valence-corrected chi connectivity index (χ3v) is 2.56. The van der Waals surface area contributed by atoms with Gasteiger partial charge < -0.3 is 9.47 Å². The Bertz CT molecular complexity index is 588. The number of ether oxygens (including phenoxy) is 2. The Morgan fingerprint density at radius 2 is 1.60 bits per heavy atom. The number of carbonyl (C=O) groups is 2. The number of rotatable bonds is 4. The Balaban J connectivity index is 1.94. The molecule has 0 aliphatic carbocycles. The molecule has 0 atom stereocenters. The van der Waals surface area contributed by atoms with Gasteiger partial charge in [0.05, 0.1) is 5.56 Å². The molecule has 0 amide bonds. The van der Waals surface area contributed by atoms with Crippen LogP contribution in [0.1, 0.15) is 22.8 Å². The maximum Gasteiger partial charge on any atom is 0.338 e. The summed E-state index contributed by atoms with van der Waals surface area (Å²) < 4.78 is 10.1. The molecule has 0 fully saturated rings. The van der Waals surface area contributed by atoms with Crippen molar-refractivity contribution in [3.8, 4) is 5.75 Å². The lowest BCUT2D eigenvalue weighted by Crippen LogP contribution is -2.06. The minimum absolute atomic E-state index is 0.228. The molecule has 0 bridgehead atoms. The molecule has 102 valence electrons. The highest BCUT2D eigenvalue weighted by atomic mass is 16.5. The number of hydrogen-bond acceptors (Lipinski definition) is 4. The smallest absolute Gasteiger partial charge is 0.338 e. The molecule has 20 heavy (non-hydrogen) atoms. The Kier molecular flexibility index (Phi) is 4.50. The zero-order valence-electron chi connectivity index (χ0n) is 11.0. The number of esters is 2. The minimum atomic E-state index is -0.414. The second-order valence-electron chi connectivity index (χ2n) is 4.18. The molecule has 0 unspecified atom stereocenters. The van der Waals surface area contributed by atoms with Crippen LogP contribution in [0.3, 0.4) is 0 Å². The summed E-state index contributed by atoms with van der Waals surface area (Å²) in [7, 11) is 0. The van der Waals surface area contributed by atoms with Gasteiger partial charge in [0.25, 0.3) is 0 Å². The Hall–Kier alpha value is -2.62. The quantitative estimate of drug-likeness (QED) is 0.633. The standard InChI is InChI=1S/C16H14O4/c1-12(17)20-15-9-7-14(8-10-15)16(18)19-11-13-5-3-2-4-6-13/h2-10H,11H2,1H3. The van der Waals surface area contributed by atoms with Crippen LogP contribution in [-0.4, -0.2) is 11.9 Å². The summed E-state index contributed by atoms with van der Waals surface area (Å²) >= 11 is 0. The number of carbonyl (C=O) groups excluding carboxylic acids is 2. The van der Waals surface area contributed by atoms with Crippen molar-refractivity contribution in [1.82, 2.24) is 0 Å². The molecule has 0 aliphatic heterocycles. The van der Waals surface area contributed by atoms with Gasteiger partial charge in [0.2, 0.25) is 0 Å². The van der Waals surface area contributed by atoms with Gasteiger partial charge >= 0.3 is 11.9 Å². The van der Waals surface area contributed by atoms with E-state index in [0.717, 1.165) is 5.56 Å². The van der Waals surface area contributed by atoms with Gasteiger partial charge in [-0.1, -0.05) is 30.3 Å². The van der Waals surface area contributed by atoms with E-state index in [4.69, 9.17) is 9.47 Å². The second-order valence-corrected chi connectivity index (χ2v) is 4.18. The summed E-state index contributed by atoms with van der Waals surface area (Å²) in [6, 6.07) is 15.7. The van der Waals surface area contributed by atoms with Crippen LogP contribution < -0.4 is 4.74 Å². The first-order valence-corrected chi connectivity index (χ1v) is 6.14. The molecule has 0 saturated heterocycles. The summed E-state index contributed by atoms with van der Waals surface area (Å²) in [5.41, 5.74) is 1.34. The summed E-state index contributed by atoms with van der Waals surface area (Å²) in [5, 5.41) is 0. The lowest BCUT2D eigenvalue weighted by Gasteiger charge is -2.06. The zero-order chi connectivity index (χ0) is 14.4. The van der Waals surface area contributed by atoms with Crippen molar-refractivity contribution < 1.29 is 19.1 Å². The Morgan fingerprint density at radius 3 is 2.20 bits per heavy atom. The molecule has 2 aromatic rings. The molecule has 0 aromatic heterocycles. The molecule has 0 aliphatic rings. The predicted molar refractivity (Wildman–Crippen MR) is 73.3 cm³/mol. The first kappa shape index (κ1) is 13.8. The summed E-state index contributed by atoms with van der Waals surface area (Å²) in [6.07, 6.45) is 0. The molecule has 4 heteroatoms. The van der Waals surface area contributed by atoms with Crippen molar-refractivity contribution in [2.24, 2.45) is 0 Å². The monoisotopic (exact) mass is 270 g/mol. The van der Waals surface area contributed by atoms with Crippen LogP contribution in [0, 0.1) is 0 Å². The van der Waals surface area contributed by atoms with E-state index < -0.39 is 11.9 Å². The lowest BCUT2D eigenvalue weighted by molar-refractivity contribution is -0.131. The van der Waals surface area contributed by atoms with Gasteiger partial charge in [-0.15, -0.1) is 0 Å². The predicted octanol–water partition coefficient (Wildman–Crippen LogP) is 2.97. The van der Waals surface area contributed by atoms with Crippen molar-refractivity contribution in [1.29, 1.82) is 0 Å². The second kappa shape index (κ2) is 6.52. The first-order valence-electron chi connectivity index (χ1n) is 6.14. The highest BCUT2D eigenvalue weighted by Crippen LogP contribution is 2.13. The molecule has 0 spiro atoms. The molecule has 2 rings (SSSR count). The van der Waals surface area contributed by atoms with Gasteiger partial charge in [0.1, 0.15) is 12.4 Å². The van der Waals surface area contributed by atoms with Crippen LogP contribution in [0.2, 0.25) is 0 Å². The van der Waals surface area contributed by atoms with E-state index >= 15 is 0 Å². The van der Waals surface area contributed by atoms with Crippen LogP contribution in [0.5, 0.6) is 5.75 Å². The zero-order valence-corrected chi connectivity index (χ0v) is 11.0. The SMILES string of the molecule is CC(=O)Oc1ccc(C(=O)OCc2ccccc2)cc1. The van der Waals surface area contributed by atoms with Gasteiger partial charge in [-0.3, -0.25) is 4.79 Å². The Labute approximate surface area is 116 Å². The molecule has 0 heterocycles. The van der Waals surface area contributed by atoms with Crippen molar-refractivity contribution in [2.45, 2.75) is 13.5 Å². The van der Waals surface area contributed by atoms with E-state index in [1.165, 1.54) is 6.92 Å². The lowest BCUT2D eigenvalue weighted by atomic mass is 10.2. The normalized spacial score (nSPS) is 9.85. The summed E-state index contributed by atoms with van der Waals surface area (Å²) in [6.45, 7) is 1.55. The highest BCUT2D eigenvalue weighted by molar-refractivity contribution is 5.89. The first-order chi connectivity index (χ1) is 9.65. The van der Waals surface area contributed by atoms with E-state index in [1.807, 2.05) is 30.3 Å². The van der Waals surface area contributed by atoms with Crippen LogP contribution >= 0.6 is 0 Å². The van der Waals surface area contributed by atoms with Gasteiger partial charge in [-0.05, 0) is 29.8 Å². The average molecular weight is 270 g/mol. The fraction of sp³-hybridized carbons (Fsp3) is 0.125. The Morgan fingerprint density at radius 1 is 0.950 bits per heavy atom. The third kappa shape index (κ3) is 3.95. The van der Waals surface area contributed by atoms with Gasteiger partial charge in [0, 0.05) is 6.92 Å². The molecule has 4 nitrogen and oxygen atoms in total. The minimum Gasteiger partial charge on any atom is -0.457 e. The molecule has 2 aromatic carbocycles.